The van der Waals surface area contributed by atoms with Crippen molar-refractivity contribution in [3.63, 3.8) is 0 Å². The fourth-order valence-corrected chi connectivity index (χ4v) is 3.88. The summed E-state index contributed by atoms with van der Waals surface area (Å²) in [5.41, 5.74) is 4.89. The van der Waals surface area contributed by atoms with Crippen LogP contribution in [0.15, 0.2) is 109 Å². The summed E-state index contributed by atoms with van der Waals surface area (Å²) in [5, 5.41) is 5.12. The maximum absolute atomic E-state index is 2.27. The Morgan fingerprint density at radius 3 is 1.37 bits per heavy atom. The predicted octanol–water partition coefficient (Wildman–Crippen LogP) is 8.33. The molecule has 0 radical (unpaired) electrons. The van der Waals surface area contributed by atoms with Crippen molar-refractivity contribution in [3.05, 3.63) is 131 Å². The van der Waals surface area contributed by atoms with E-state index in [2.05, 4.69) is 127 Å². The molecule has 0 heteroatoms. The van der Waals surface area contributed by atoms with Crippen LogP contribution in [0.4, 0.5) is 0 Å². The average Bonchev–Trinajstić information content (AvgIpc) is 2.82. The van der Waals surface area contributed by atoms with Crippen LogP contribution >= 0.6 is 0 Å². The van der Waals surface area contributed by atoms with Crippen molar-refractivity contribution in [2.24, 2.45) is 0 Å². The smallest absolute Gasteiger partial charge is 0.00992 e. The van der Waals surface area contributed by atoms with Gasteiger partial charge in [-0.25, -0.2) is 0 Å². The number of fused-ring (bicyclic) bond motifs is 2. The third kappa shape index (κ3) is 3.81. The molecule has 0 atom stereocenters. The molecule has 0 fully saturated rings. The molecular formula is C30H22. The molecule has 0 unspecified atom stereocenters. The van der Waals surface area contributed by atoms with Crippen molar-refractivity contribution in [3.8, 4) is 0 Å². The van der Waals surface area contributed by atoms with Crippen molar-refractivity contribution in [2.75, 3.05) is 0 Å². The van der Waals surface area contributed by atoms with E-state index in [0.29, 0.717) is 0 Å². The quantitative estimate of drug-likeness (QED) is 0.216. The highest BCUT2D eigenvalue weighted by Gasteiger charge is 2.04. The lowest BCUT2D eigenvalue weighted by atomic mass is 9.96. The van der Waals surface area contributed by atoms with Crippen molar-refractivity contribution >= 4 is 45.8 Å². The Hall–Kier alpha value is -3.90. The SMILES string of the molecule is C(=C\c1ccc(/C=C/c2c3ccccc3cc3ccccc23)cc1)/c1ccccc1. The van der Waals surface area contributed by atoms with Crippen LogP contribution in [-0.4, -0.2) is 0 Å². The molecular weight excluding hydrogens is 360 g/mol. The van der Waals surface area contributed by atoms with Gasteiger partial charge in [-0.3, -0.25) is 0 Å². The van der Waals surface area contributed by atoms with Crippen LogP contribution in [0, 0.1) is 0 Å². The van der Waals surface area contributed by atoms with E-state index in [1.54, 1.807) is 0 Å². The largest absolute Gasteiger partial charge is 0.0622 e. The molecule has 0 nitrogen and oxygen atoms in total. The Kier molecular flexibility index (Phi) is 4.98. The van der Waals surface area contributed by atoms with E-state index < -0.39 is 0 Å². The minimum atomic E-state index is 1.20. The second kappa shape index (κ2) is 8.23. The van der Waals surface area contributed by atoms with Gasteiger partial charge in [0.1, 0.15) is 0 Å². The van der Waals surface area contributed by atoms with Crippen molar-refractivity contribution < 1.29 is 0 Å². The first-order valence-electron chi connectivity index (χ1n) is 10.3. The summed E-state index contributed by atoms with van der Waals surface area (Å²) in [6.45, 7) is 0. The highest BCUT2D eigenvalue weighted by atomic mass is 14.1. The molecule has 0 aliphatic heterocycles. The van der Waals surface area contributed by atoms with Crippen LogP contribution in [0.25, 0.3) is 45.8 Å². The average molecular weight is 383 g/mol. The summed E-state index contributed by atoms with van der Waals surface area (Å²) in [6, 6.07) is 38.6. The third-order valence-corrected chi connectivity index (χ3v) is 5.46. The number of benzene rings is 5. The van der Waals surface area contributed by atoms with Gasteiger partial charge < -0.3 is 0 Å². The first-order chi connectivity index (χ1) is 14.9. The summed E-state index contributed by atoms with van der Waals surface area (Å²) >= 11 is 0. The zero-order valence-corrected chi connectivity index (χ0v) is 16.7. The fraction of sp³-hybridized carbons (Fsp3) is 0. The highest BCUT2D eigenvalue weighted by molar-refractivity contribution is 6.07. The van der Waals surface area contributed by atoms with Crippen LogP contribution in [0.2, 0.25) is 0 Å². The van der Waals surface area contributed by atoms with Gasteiger partial charge in [0.25, 0.3) is 0 Å². The minimum absolute atomic E-state index is 1.20. The van der Waals surface area contributed by atoms with Crippen LogP contribution in [0.5, 0.6) is 0 Å². The summed E-state index contributed by atoms with van der Waals surface area (Å²) < 4.78 is 0. The normalized spacial score (nSPS) is 11.7. The molecule has 0 saturated carbocycles. The van der Waals surface area contributed by atoms with Gasteiger partial charge >= 0.3 is 0 Å². The molecule has 0 N–H and O–H groups in total. The number of rotatable bonds is 4. The van der Waals surface area contributed by atoms with E-state index in [4.69, 9.17) is 0 Å². The lowest BCUT2D eigenvalue weighted by molar-refractivity contribution is 1.62. The Balaban J connectivity index is 1.46. The van der Waals surface area contributed by atoms with Gasteiger partial charge in [-0.1, -0.05) is 127 Å². The van der Waals surface area contributed by atoms with Gasteiger partial charge in [0.05, 0.1) is 0 Å². The first-order valence-corrected chi connectivity index (χ1v) is 10.3. The molecule has 0 aliphatic rings. The van der Waals surface area contributed by atoms with Crippen molar-refractivity contribution in [2.45, 2.75) is 0 Å². The van der Waals surface area contributed by atoms with Crippen molar-refractivity contribution in [1.29, 1.82) is 0 Å². The molecule has 0 amide bonds. The Labute approximate surface area is 177 Å². The van der Waals surface area contributed by atoms with Crippen LogP contribution < -0.4 is 0 Å². The maximum Gasteiger partial charge on any atom is -0.00992 e. The summed E-state index contributed by atoms with van der Waals surface area (Å²) in [5.74, 6) is 0. The van der Waals surface area contributed by atoms with E-state index in [9.17, 15) is 0 Å². The molecule has 30 heavy (non-hydrogen) atoms. The van der Waals surface area contributed by atoms with Gasteiger partial charge in [-0.05, 0) is 49.9 Å². The monoisotopic (exact) mass is 382 g/mol. The summed E-state index contributed by atoms with van der Waals surface area (Å²) in [6.07, 6.45) is 8.76. The van der Waals surface area contributed by atoms with E-state index in [1.165, 1.54) is 43.8 Å². The summed E-state index contributed by atoms with van der Waals surface area (Å²) in [7, 11) is 0. The van der Waals surface area contributed by atoms with Gasteiger partial charge in [0.15, 0.2) is 0 Å². The molecule has 5 rings (SSSR count). The van der Waals surface area contributed by atoms with E-state index in [1.807, 2.05) is 6.07 Å². The van der Waals surface area contributed by atoms with E-state index >= 15 is 0 Å². The Bertz CT molecular complexity index is 1300. The molecule has 0 heterocycles. The summed E-state index contributed by atoms with van der Waals surface area (Å²) in [4.78, 5) is 0. The second-order valence-corrected chi connectivity index (χ2v) is 7.48. The second-order valence-electron chi connectivity index (χ2n) is 7.48. The molecule has 142 valence electrons. The van der Waals surface area contributed by atoms with E-state index in [0.717, 1.165) is 0 Å². The molecule has 0 saturated heterocycles. The predicted molar refractivity (Wildman–Crippen MR) is 132 cm³/mol. The third-order valence-electron chi connectivity index (χ3n) is 5.46. The van der Waals surface area contributed by atoms with Crippen LogP contribution in [-0.2, 0) is 0 Å². The molecule has 5 aromatic rings. The lowest BCUT2D eigenvalue weighted by Gasteiger charge is -2.08. The zero-order chi connectivity index (χ0) is 20.2. The molecule has 0 aliphatic carbocycles. The standard InChI is InChI=1S/C30H22/c1-2-8-23(9-3-1)14-15-24-16-18-25(19-17-24)20-21-30-28-12-6-4-10-26(28)22-27-11-5-7-13-29(27)30/h1-22H/b15-14+,21-20+. The van der Waals surface area contributed by atoms with Gasteiger partial charge in [0.2, 0.25) is 0 Å². The molecule has 5 aromatic carbocycles. The first kappa shape index (κ1) is 18.1. The van der Waals surface area contributed by atoms with Gasteiger partial charge in [-0.2, -0.15) is 0 Å². The maximum atomic E-state index is 2.27. The van der Waals surface area contributed by atoms with Crippen LogP contribution in [0.3, 0.4) is 0 Å². The highest BCUT2D eigenvalue weighted by Crippen LogP contribution is 2.30. The minimum Gasteiger partial charge on any atom is -0.0622 e. The number of hydrogen-bond donors (Lipinski definition) is 0. The van der Waals surface area contributed by atoms with Crippen LogP contribution in [0.1, 0.15) is 22.3 Å². The number of hydrogen-bond acceptors (Lipinski definition) is 0. The lowest BCUT2D eigenvalue weighted by Crippen LogP contribution is -1.83. The Morgan fingerprint density at radius 1 is 0.367 bits per heavy atom. The Morgan fingerprint density at radius 2 is 0.800 bits per heavy atom. The molecule has 0 aromatic heterocycles. The van der Waals surface area contributed by atoms with Gasteiger partial charge in [0, 0.05) is 0 Å². The van der Waals surface area contributed by atoms with Crippen molar-refractivity contribution in [1.82, 2.24) is 0 Å². The molecule has 0 bridgehead atoms. The topological polar surface area (TPSA) is 0 Å². The van der Waals surface area contributed by atoms with E-state index in [-0.39, 0.29) is 0 Å². The van der Waals surface area contributed by atoms with Gasteiger partial charge in [-0.15, -0.1) is 0 Å². The zero-order valence-electron chi connectivity index (χ0n) is 16.7. The molecule has 0 spiro atoms. The fourth-order valence-electron chi connectivity index (χ4n) is 3.88.